The van der Waals surface area contributed by atoms with Gasteiger partial charge in [-0.1, -0.05) is 18.2 Å². The largest absolute Gasteiger partial charge is 0.379 e. The minimum atomic E-state index is -0.270. The lowest BCUT2D eigenvalue weighted by Gasteiger charge is -2.09. The van der Waals surface area contributed by atoms with E-state index in [2.05, 4.69) is 5.32 Å². The molecule has 0 amide bonds. The minimum absolute atomic E-state index is 0.222. The lowest BCUT2D eigenvalue weighted by Crippen LogP contribution is -2.02. The van der Waals surface area contributed by atoms with Crippen LogP contribution in [0.1, 0.15) is 16.7 Å². The first-order valence-electron chi connectivity index (χ1n) is 5.81. The Labute approximate surface area is 105 Å². The number of rotatable bonds is 3. The Morgan fingerprint density at radius 3 is 2.39 bits per heavy atom. The maximum absolute atomic E-state index is 13.6. The molecule has 3 heteroatoms. The van der Waals surface area contributed by atoms with E-state index in [-0.39, 0.29) is 11.6 Å². The van der Waals surface area contributed by atoms with Crippen molar-refractivity contribution in [2.45, 2.75) is 20.4 Å². The molecule has 0 saturated heterocycles. The molecule has 0 aliphatic heterocycles. The fraction of sp³-hybridized carbons (Fsp3) is 0.200. The van der Waals surface area contributed by atoms with E-state index in [0.29, 0.717) is 17.8 Å². The molecule has 0 spiro atoms. The molecule has 1 N–H and O–H groups in total. The van der Waals surface area contributed by atoms with E-state index < -0.39 is 0 Å². The molecule has 0 unspecified atom stereocenters. The fourth-order valence-electron chi connectivity index (χ4n) is 1.78. The standard InChI is InChI=1S/C15H15F2N/c1-10-3-6-15(14(17)7-10)18-9-12-4-5-13(16)11(2)8-12/h3-8,18H,9H2,1-2H3. The summed E-state index contributed by atoms with van der Waals surface area (Å²) in [6, 6.07) is 9.92. The summed E-state index contributed by atoms with van der Waals surface area (Å²) in [5.41, 5.74) is 2.87. The van der Waals surface area contributed by atoms with Crippen molar-refractivity contribution in [3.8, 4) is 0 Å². The third-order valence-electron chi connectivity index (χ3n) is 2.83. The van der Waals surface area contributed by atoms with Gasteiger partial charge in [0.2, 0.25) is 0 Å². The van der Waals surface area contributed by atoms with E-state index in [9.17, 15) is 8.78 Å². The molecule has 0 atom stereocenters. The van der Waals surface area contributed by atoms with Gasteiger partial charge in [-0.15, -0.1) is 0 Å². The summed E-state index contributed by atoms with van der Waals surface area (Å²) < 4.78 is 26.7. The highest BCUT2D eigenvalue weighted by Crippen LogP contribution is 2.17. The van der Waals surface area contributed by atoms with Crippen LogP contribution in [0.25, 0.3) is 0 Å². The molecule has 0 bridgehead atoms. The van der Waals surface area contributed by atoms with Crippen LogP contribution in [0, 0.1) is 25.5 Å². The first-order chi connectivity index (χ1) is 8.56. The number of nitrogens with one attached hydrogen (secondary N) is 1. The van der Waals surface area contributed by atoms with Crippen molar-refractivity contribution in [2.24, 2.45) is 0 Å². The molecule has 0 radical (unpaired) electrons. The Balaban J connectivity index is 2.09. The van der Waals surface area contributed by atoms with Gasteiger partial charge in [-0.25, -0.2) is 8.78 Å². The average Bonchev–Trinajstić information content (AvgIpc) is 2.32. The maximum Gasteiger partial charge on any atom is 0.146 e. The van der Waals surface area contributed by atoms with Crippen molar-refractivity contribution in [3.63, 3.8) is 0 Å². The van der Waals surface area contributed by atoms with Crippen LogP contribution in [-0.4, -0.2) is 0 Å². The Bertz CT molecular complexity index is 564. The third kappa shape index (κ3) is 2.86. The zero-order chi connectivity index (χ0) is 13.1. The summed E-state index contributed by atoms with van der Waals surface area (Å²) >= 11 is 0. The number of hydrogen-bond donors (Lipinski definition) is 1. The van der Waals surface area contributed by atoms with Gasteiger partial charge in [0.1, 0.15) is 11.6 Å². The average molecular weight is 247 g/mol. The normalized spacial score (nSPS) is 10.4. The second kappa shape index (κ2) is 5.17. The quantitative estimate of drug-likeness (QED) is 0.857. The number of hydrogen-bond acceptors (Lipinski definition) is 1. The third-order valence-corrected chi connectivity index (χ3v) is 2.83. The summed E-state index contributed by atoms with van der Waals surface area (Å²) in [6.07, 6.45) is 0. The minimum Gasteiger partial charge on any atom is -0.379 e. The molecule has 94 valence electrons. The van der Waals surface area contributed by atoms with E-state index in [1.54, 1.807) is 25.1 Å². The molecule has 2 aromatic carbocycles. The van der Waals surface area contributed by atoms with Crippen LogP contribution in [0.15, 0.2) is 36.4 Å². The highest BCUT2D eigenvalue weighted by Gasteiger charge is 2.03. The van der Waals surface area contributed by atoms with E-state index in [1.807, 2.05) is 13.0 Å². The SMILES string of the molecule is Cc1ccc(NCc2ccc(F)c(C)c2)c(F)c1. The Hall–Kier alpha value is -1.90. The van der Waals surface area contributed by atoms with Crippen molar-refractivity contribution < 1.29 is 8.78 Å². The Kier molecular flexibility index (Phi) is 3.60. The van der Waals surface area contributed by atoms with Gasteiger partial charge in [-0.05, 0) is 48.7 Å². The van der Waals surface area contributed by atoms with Crippen LogP contribution in [-0.2, 0) is 6.54 Å². The van der Waals surface area contributed by atoms with Crippen molar-refractivity contribution in [1.82, 2.24) is 0 Å². The van der Waals surface area contributed by atoms with Crippen LogP contribution in [0.3, 0.4) is 0 Å². The predicted octanol–water partition coefficient (Wildman–Crippen LogP) is 4.19. The number of aryl methyl sites for hydroxylation is 2. The summed E-state index contributed by atoms with van der Waals surface area (Å²) in [5, 5.41) is 3.01. The highest BCUT2D eigenvalue weighted by atomic mass is 19.1. The summed E-state index contributed by atoms with van der Waals surface area (Å²) in [6.45, 7) is 4.03. The monoisotopic (exact) mass is 247 g/mol. The van der Waals surface area contributed by atoms with Gasteiger partial charge < -0.3 is 5.32 Å². The van der Waals surface area contributed by atoms with Crippen LogP contribution in [0.2, 0.25) is 0 Å². The molecule has 0 aliphatic carbocycles. The van der Waals surface area contributed by atoms with Gasteiger partial charge >= 0.3 is 0 Å². The van der Waals surface area contributed by atoms with Gasteiger partial charge in [0.05, 0.1) is 5.69 Å². The molecule has 2 aromatic rings. The molecule has 18 heavy (non-hydrogen) atoms. The van der Waals surface area contributed by atoms with Crippen LogP contribution < -0.4 is 5.32 Å². The highest BCUT2D eigenvalue weighted by molar-refractivity contribution is 5.46. The van der Waals surface area contributed by atoms with Crippen molar-refractivity contribution in [2.75, 3.05) is 5.32 Å². The van der Waals surface area contributed by atoms with Crippen LogP contribution >= 0.6 is 0 Å². The number of anilines is 1. The first kappa shape index (κ1) is 12.6. The van der Waals surface area contributed by atoms with Crippen molar-refractivity contribution >= 4 is 5.69 Å². The van der Waals surface area contributed by atoms with Gasteiger partial charge in [0.25, 0.3) is 0 Å². The van der Waals surface area contributed by atoms with Crippen LogP contribution in [0.4, 0.5) is 14.5 Å². The second-order valence-corrected chi connectivity index (χ2v) is 4.42. The van der Waals surface area contributed by atoms with Gasteiger partial charge in [-0.3, -0.25) is 0 Å². The summed E-state index contributed by atoms with van der Waals surface area (Å²) in [5.74, 6) is -0.492. The Morgan fingerprint density at radius 1 is 0.944 bits per heavy atom. The van der Waals surface area contributed by atoms with Crippen LogP contribution in [0.5, 0.6) is 0 Å². The van der Waals surface area contributed by atoms with Crippen molar-refractivity contribution in [3.05, 3.63) is 64.7 Å². The van der Waals surface area contributed by atoms with E-state index in [0.717, 1.165) is 11.1 Å². The molecule has 1 nitrogen and oxygen atoms in total. The fourth-order valence-corrected chi connectivity index (χ4v) is 1.78. The molecular weight excluding hydrogens is 232 g/mol. The summed E-state index contributed by atoms with van der Waals surface area (Å²) in [4.78, 5) is 0. The number of benzene rings is 2. The Morgan fingerprint density at radius 2 is 1.72 bits per heavy atom. The number of halogens is 2. The molecule has 0 saturated carbocycles. The van der Waals surface area contributed by atoms with E-state index in [4.69, 9.17) is 0 Å². The zero-order valence-corrected chi connectivity index (χ0v) is 10.4. The maximum atomic E-state index is 13.6. The van der Waals surface area contributed by atoms with Crippen molar-refractivity contribution in [1.29, 1.82) is 0 Å². The molecule has 0 fully saturated rings. The second-order valence-electron chi connectivity index (χ2n) is 4.42. The zero-order valence-electron chi connectivity index (χ0n) is 10.4. The lowest BCUT2D eigenvalue weighted by atomic mass is 10.1. The first-order valence-corrected chi connectivity index (χ1v) is 5.81. The summed E-state index contributed by atoms with van der Waals surface area (Å²) in [7, 11) is 0. The topological polar surface area (TPSA) is 12.0 Å². The van der Waals surface area contributed by atoms with E-state index in [1.165, 1.54) is 12.1 Å². The van der Waals surface area contributed by atoms with Gasteiger partial charge in [-0.2, -0.15) is 0 Å². The van der Waals surface area contributed by atoms with Gasteiger partial charge in [0.15, 0.2) is 0 Å². The van der Waals surface area contributed by atoms with E-state index >= 15 is 0 Å². The molecule has 2 rings (SSSR count). The molecule has 0 aromatic heterocycles. The smallest absolute Gasteiger partial charge is 0.146 e. The predicted molar refractivity (Wildman–Crippen MR) is 69.6 cm³/mol. The lowest BCUT2D eigenvalue weighted by molar-refractivity contribution is 0.617. The molecule has 0 aliphatic rings. The molecule has 0 heterocycles. The van der Waals surface area contributed by atoms with Gasteiger partial charge in [0, 0.05) is 6.54 Å². The molecular formula is C15H15F2N.